The summed E-state index contributed by atoms with van der Waals surface area (Å²) in [5, 5.41) is 6.53. The van der Waals surface area contributed by atoms with Crippen molar-refractivity contribution < 1.29 is 4.79 Å². The van der Waals surface area contributed by atoms with Gasteiger partial charge in [-0.2, -0.15) is 0 Å². The minimum atomic E-state index is 0.227. The summed E-state index contributed by atoms with van der Waals surface area (Å²) in [6.07, 6.45) is 9.98. The third-order valence-electron chi connectivity index (χ3n) is 3.94. The third-order valence-corrected chi connectivity index (χ3v) is 3.94. The zero-order valence-corrected chi connectivity index (χ0v) is 10.7. The molecule has 3 nitrogen and oxygen atoms in total. The maximum atomic E-state index is 12.0. The van der Waals surface area contributed by atoms with Crippen LogP contribution in [0.25, 0.3) is 0 Å². The summed E-state index contributed by atoms with van der Waals surface area (Å²) in [6, 6.07) is 0.483. The topological polar surface area (TPSA) is 41.1 Å². The first kappa shape index (κ1) is 12.6. The van der Waals surface area contributed by atoms with Gasteiger partial charge in [-0.15, -0.1) is 0 Å². The van der Waals surface area contributed by atoms with E-state index in [0.29, 0.717) is 12.0 Å². The van der Waals surface area contributed by atoms with Crippen LogP contribution in [-0.4, -0.2) is 25.0 Å². The summed E-state index contributed by atoms with van der Waals surface area (Å²) in [6.45, 7) is 4.00. The molecule has 3 heteroatoms. The number of hydrogen-bond donors (Lipinski definition) is 2. The molecule has 0 spiro atoms. The van der Waals surface area contributed by atoms with Crippen molar-refractivity contribution in [2.45, 2.75) is 45.1 Å². The molecule has 1 aliphatic heterocycles. The summed E-state index contributed by atoms with van der Waals surface area (Å²) in [5.74, 6) is 1.15. The van der Waals surface area contributed by atoms with Crippen molar-refractivity contribution in [2.24, 2.45) is 11.8 Å². The Morgan fingerprint density at radius 3 is 3.00 bits per heavy atom. The van der Waals surface area contributed by atoms with E-state index in [9.17, 15) is 4.79 Å². The fourth-order valence-electron chi connectivity index (χ4n) is 2.80. The molecule has 1 aliphatic carbocycles. The Bertz CT molecular complexity index is 288. The molecule has 0 saturated carbocycles. The van der Waals surface area contributed by atoms with Gasteiger partial charge in [-0.25, -0.2) is 0 Å². The molecule has 96 valence electrons. The Morgan fingerprint density at radius 2 is 2.29 bits per heavy atom. The number of carbonyl (C=O) groups is 1. The zero-order valence-electron chi connectivity index (χ0n) is 10.7. The third kappa shape index (κ3) is 3.84. The number of carbonyl (C=O) groups excluding carboxylic acids is 1. The molecule has 1 heterocycles. The van der Waals surface area contributed by atoms with Crippen molar-refractivity contribution in [2.75, 3.05) is 13.1 Å². The van der Waals surface area contributed by atoms with E-state index in [0.717, 1.165) is 32.4 Å². The van der Waals surface area contributed by atoms with Crippen LogP contribution in [0.3, 0.4) is 0 Å². The van der Waals surface area contributed by atoms with Crippen molar-refractivity contribution in [1.82, 2.24) is 10.6 Å². The first-order chi connectivity index (χ1) is 8.25. The Morgan fingerprint density at radius 1 is 1.41 bits per heavy atom. The molecule has 0 aromatic heterocycles. The predicted molar refractivity (Wildman–Crippen MR) is 69.7 cm³/mol. The highest BCUT2D eigenvalue weighted by atomic mass is 16.1. The lowest BCUT2D eigenvalue weighted by molar-refractivity contribution is -0.126. The fourth-order valence-corrected chi connectivity index (χ4v) is 2.80. The molecule has 2 rings (SSSR count). The van der Waals surface area contributed by atoms with Crippen LogP contribution in [0.15, 0.2) is 12.2 Å². The number of allylic oxidation sites excluding steroid dienone is 2. The molecule has 2 N–H and O–H groups in total. The minimum Gasteiger partial charge on any atom is -0.356 e. The van der Waals surface area contributed by atoms with Crippen LogP contribution in [0, 0.1) is 11.8 Å². The Hall–Kier alpha value is -0.830. The summed E-state index contributed by atoms with van der Waals surface area (Å²) >= 11 is 0. The van der Waals surface area contributed by atoms with Crippen LogP contribution in [0.1, 0.15) is 39.0 Å². The van der Waals surface area contributed by atoms with Gasteiger partial charge >= 0.3 is 0 Å². The summed E-state index contributed by atoms with van der Waals surface area (Å²) in [7, 11) is 0. The highest BCUT2D eigenvalue weighted by Crippen LogP contribution is 2.19. The molecule has 0 aromatic carbocycles. The van der Waals surface area contributed by atoms with Gasteiger partial charge in [0.2, 0.25) is 5.91 Å². The molecule has 0 radical (unpaired) electrons. The van der Waals surface area contributed by atoms with Crippen molar-refractivity contribution in [3.8, 4) is 0 Å². The summed E-state index contributed by atoms with van der Waals surface area (Å²) in [4.78, 5) is 12.0. The van der Waals surface area contributed by atoms with Crippen LogP contribution in [0.5, 0.6) is 0 Å². The molecule has 0 bridgehead atoms. The van der Waals surface area contributed by atoms with Crippen molar-refractivity contribution in [1.29, 1.82) is 0 Å². The maximum Gasteiger partial charge on any atom is 0.223 e. The van der Waals surface area contributed by atoms with Crippen LogP contribution in [0.4, 0.5) is 0 Å². The molecular formula is C14H24N2O. The SMILES string of the molecule is CC1CC(C(=O)NCC2CC=CCC2)CCN1. The number of hydrogen-bond acceptors (Lipinski definition) is 2. The molecule has 17 heavy (non-hydrogen) atoms. The Labute approximate surface area is 104 Å². The molecule has 1 amide bonds. The molecule has 3 atom stereocenters. The van der Waals surface area contributed by atoms with Gasteiger partial charge in [0, 0.05) is 18.5 Å². The normalized spacial score (nSPS) is 33.4. The van der Waals surface area contributed by atoms with Gasteiger partial charge in [0.05, 0.1) is 0 Å². The number of rotatable bonds is 3. The lowest BCUT2D eigenvalue weighted by Crippen LogP contribution is -2.43. The molecule has 2 aliphatic rings. The van der Waals surface area contributed by atoms with Crippen LogP contribution < -0.4 is 10.6 Å². The highest BCUT2D eigenvalue weighted by Gasteiger charge is 2.24. The van der Waals surface area contributed by atoms with E-state index in [2.05, 4.69) is 29.7 Å². The lowest BCUT2D eigenvalue weighted by atomic mass is 9.91. The second-order valence-corrected chi connectivity index (χ2v) is 5.47. The van der Waals surface area contributed by atoms with E-state index >= 15 is 0 Å². The van der Waals surface area contributed by atoms with Gasteiger partial charge in [0.15, 0.2) is 0 Å². The van der Waals surface area contributed by atoms with Crippen molar-refractivity contribution in [3.05, 3.63) is 12.2 Å². The average Bonchev–Trinajstić information content (AvgIpc) is 2.37. The second kappa shape index (κ2) is 6.20. The standard InChI is InChI=1S/C14H24N2O/c1-11-9-13(7-8-15-11)14(17)16-10-12-5-3-2-4-6-12/h2-3,11-13,15H,4-10H2,1H3,(H,16,17). The highest BCUT2D eigenvalue weighted by molar-refractivity contribution is 5.78. The zero-order chi connectivity index (χ0) is 12.1. The van der Waals surface area contributed by atoms with Crippen LogP contribution in [-0.2, 0) is 4.79 Å². The van der Waals surface area contributed by atoms with E-state index < -0.39 is 0 Å². The fraction of sp³-hybridized carbons (Fsp3) is 0.786. The van der Waals surface area contributed by atoms with E-state index in [-0.39, 0.29) is 11.8 Å². The second-order valence-electron chi connectivity index (χ2n) is 5.47. The van der Waals surface area contributed by atoms with Crippen molar-refractivity contribution >= 4 is 5.91 Å². The molecule has 3 unspecified atom stereocenters. The van der Waals surface area contributed by atoms with E-state index in [1.54, 1.807) is 0 Å². The Balaban J connectivity index is 1.71. The van der Waals surface area contributed by atoms with Gasteiger partial charge in [-0.1, -0.05) is 12.2 Å². The largest absolute Gasteiger partial charge is 0.356 e. The molecule has 0 aromatic rings. The average molecular weight is 236 g/mol. The first-order valence-corrected chi connectivity index (χ1v) is 6.92. The van der Waals surface area contributed by atoms with Crippen LogP contribution >= 0.6 is 0 Å². The van der Waals surface area contributed by atoms with E-state index in [4.69, 9.17) is 0 Å². The first-order valence-electron chi connectivity index (χ1n) is 6.92. The van der Waals surface area contributed by atoms with Gasteiger partial charge in [0.25, 0.3) is 0 Å². The van der Waals surface area contributed by atoms with E-state index in [1.807, 2.05) is 0 Å². The van der Waals surface area contributed by atoms with Crippen LogP contribution in [0.2, 0.25) is 0 Å². The number of nitrogens with one attached hydrogen (secondary N) is 2. The molecule has 1 fully saturated rings. The lowest BCUT2D eigenvalue weighted by Gasteiger charge is -2.28. The maximum absolute atomic E-state index is 12.0. The molecule has 1 saturated heterocycles. The van der Waals surface area contributed by atoms with Gasteiger partial charge in [0.1, 0.15) is 0 Å². The summed E-state index contributed by atoms with van der Waals surface area (Å²) < 4.78 is 0. The van der Waals surface area contributed by atoms with Crippen molar-refractivity contribution in [3.63, 3.8) is 0 Å². The number of piperidine rings is 1. The van der Waals surface area contributed by atoms with Gasteiger partial charge in [-0.3, -0.25) is 4.79 Å². The Kier molecular flexibility index (Phi) is 4.60. The predicted octanol–water partition coefficient (Wildman–Crippen LogP) is 1.85. The minimum absolute atomic E-state index is 0.227. The number of amides is 1. The molecular weight excluding hydrogens is 212 g/mol. The van der Waals surface area contributed by atoms with E-state index in [1.165, 1.54) is 12.8 Å². The smallest absolute Gasteiger partial charge is 0.223 e. The van der Waals surface area contributed by atoms with Gasteiger partial charge in [-0.05, 0) is 51.5 Å². The van der Waals surface area contributed by atoms with Gasteiger partial charge < -0.3 is 10.6 Å². The monoisotopic (exact) mass is 236 g/mol. The quantitative estimate of drug-likeness (QED) is 0.734. The summed E-state index contributed by atoms with van der Waals surface area (Å²) in [5.41, 5.74) is 0.